The van der Waals surface area contributed by atoms with Crippen molar-refractivity contribution in [2.24, 2.45) is 5.41 Å². The molecule has 150 valence electrons. The van der Waals surface area contributed by atoms with Crippen molar-refractivity contribution in [3.8, 4) is 0 Å². The molecule has 0 aromatic heterocycles. The van der Waals surface area contributed by atoms with E-state index in [0.717, 1.165) is 5.56 Å². The van der Waals surface area contributed by atoms with E-state index in [9.17, 15) is 14.7 Å². The molecule has 1 aliphatic rings. The van der Waals surface area contributed by atoms with Crippen molar-refractivity contribution in [1.82, 2.24) is 10.2 Å². The largest absolute Gasteiger partial charge is 0.465 e. The summed E-state index contributed by atoms with van der Waals surface area (Å²) in [6.45, 7) is 10.0. The van der Waals surface area contributed by atoms with Gasteiger partial charge in [0.15, 0.2) is 5.79 Å². The molecule has 7 heteroatoms. The van der Waals surface area contributed by atoms with Crippen LogP contribution >= 0.6 is 0 Å². The average molecular weight is 378 g/mol. The highest BCUT2D eigenvalue weighted by molar-refractivity contribution is 5.82. The highest BCUT2D eigenvalue weighted by Crippen LogP contribution is 2.34. The molecule has 0 spiro atoms. The van der Waals surface area contributed by atoms with Crippen molar-refractivity contribution < 1.29 is 24.2 Å². The lowest BCUT2D eigenvalue weighted by atomic mass is 9.85. The molecule has 2 N–H and O–H groups in total. The first-order valence-corrected chi connectivity index (χ1v) is 9.15. The SMILES string of the molecule is C[C@H](CNC(=O)[C@H]1OC(C)(C)OCC1(C)C)N(Cc1ccccc1)C(=O)O. The van der Waals surface area contributed by atoms with Gasteiger partial charge in [-0.2, -0.15) is 0 Å². The van der Waals surface area contributed by atoms with Crippen LogP contribution in [0.4, 0.5) is 4.79 Å². The molecule has 1 aromatic rings. The lowest BCUT2D eigenvalue weighted by Gasteiger charge is -2.44. The lowest BCUT2D eigenvalue weighted by molar-refractivity contribution is -0.304. The molecule has 27 heavy (non-hydrogen) atoms. The van der Waals surface area contributed by atoms with Crippen LogP contribution in [0.25, 0.3) is 0 Å². The number of carbonyl (C=O) groups excluding carboxylic acids is 1. The molecular weight excluding hydrogens is 348 g/mol. The smallest absolute Gasteiger partial charge is 0.407 e. The summed E-state index contributed by atoms with van der Waals surface area (Å²) in [6.07, 6.45) is -1.69. The van der Waals surface area contributed by atoms with Gasteiger partial charge in [-0.3, -0.25) is 9.69 Å². The van der Waals surface area contributed by atoms with Crippen LogP contribution in [0.3, 0.4) is 0 Å². The predicted molar refractivity (Wildman–Crippen MR) is 101 cm³/mol. The second kappa shape index (κ2) is 8.27. The molecule has 1 aliphatic heterocycles. The molecule has 0 saturated carbocycles. The lowest BCUT2D eigenvalue weighted by Crippen LogP contribution is -2.57. The number of nitrogens with zero attached hydrogens (tertiary/aromatic N) is 1. The maximum absolute atomic E-state index is 12.7. The molecule has 0 bridgehead atoms. The quantitative estimate of drug-likeness (QED) is 0.795. The Morgan fingerprint density at radius 3 is 2.48 bits per heavy atom. The number of hydrogen-bond donors (Lipinski definition) is 2. The summed E-state index contributed by atoms with van der Waals surface area (Å²) in [6, 6.07) is 8.99. The summed E-state index contributed by atoms with van der Waals surface area (Å²) >= 11 is 0. The Balaban J connectivity index is 1.98. The fourth-order valence-corrected chi connectivity index (χ4v) is 2.96. The zero-order chi connectivity index (χ0) is 20.2. The van der Waals surface area contributed by atoms with Gasteiger partial charge in [0, 0.05) is 24.5 Å². The number of amides is 2. The zero-order valence-electron chi connectivity index (χ0n) is 16.7. The first kappa shape index (κ1) is 21.2. The van der Waals surface area contributed by atoms with Crippen molar-refractivity contribution >= 4 is 12.0 Å². The molecule has 1 saturated heterocycles. The minimum atomic E-state index is -1.02. The Morgan fingerprint density at radius 2 is 1.89 bits per heavy atom. The Kier molecular flexibility index (Phi) is 6.49. The Labute approximate surface area is 160 Å². The molecule has 7 nitrogen and oxygen atoms in total. The van der Waals surface area contributed by atoms with Crippen molar-refractivity contribution in [2.45, 2.75) is 59.1 Å². The van der Waals surface area contributed by atoms with Crippen LogP contribution in [0.1, 0.15) is 40.2 Å². The molecule has 0 radical (unpaired) electrons. The van der Waals surface area contributed by atoms with Gasteiger partial charge in [0.05, 0.1) is 6.61 Å². The molecule has 0 unspecified atom stereocenters. The summed E-state index contributed by atoms with van der Waals surface area (Å²) in [5.74, 6) is -1.09. The van der Waals surface area contributed by atoms with Crippen LogP contribution < -0.4 is 5.32 Å². The molecule has 2 rings (SSSR count). The molecular formula is C20H30N2O5. The minimum absolute atomic E-state index is 0.204. The third-order valence-corrected chi connectivity index (χ3v) is 4.69. The molecule has 1 fully saturated rings. The maximum Gasteiger partial charge on any atom is 0.407 e. The summed E-state index contributed by atoms with van der Waals surface area (Å²) in [7, 11) is 0. The number of rotatable bonds is 6. The topological polar surface area (TPSA) is 88.1 Å². The van der Waals surface area contributed by atoms with Crippen LogP contribution in [0.2, 0.25) is 0 Å². The molecule has 1 heterocycles. The summed E-state index contributed by atoms with van der Waals surface area (Å²) in [5.41, 5.74) is 0.424. The number of nitrogens with one attached hydrogen (secondary N) is 1. The second-order valence-electron chi connectivity index (χ2n) is 8.17. The normalized spacial score (nSPS) is 21.9. The van der Waals surface area contributed by atoms with Crippen molar-refractivity contribution in [3.05, 3.63) is 35.9 Å². The van der Waals surface area contributed by atoms with Crippen LogP contribution in [-0.4, -0.2) is 53.1 Å². The van der Waals surface area contributed by atoms with Crippen molar-refractivity contribution in [1.29, 1.82) is 0 Å². The molecule has 1 aromatic carbocycles. The van der Waals surface area contributed by atoms with E-state index < -0.39 is 23.4 Å². The highest BCUT2D eigenvalue weighted by atomic mass is 16.7. The first-order chi connectivity index (χ1) is 12.5. The second-order valence-corrected chi connectivity index (χ2v) is 8.17. The van der Waals surface area contributed by atoms with E-state index in [1.165, 1.54) is 4.90 Å². The molecule has 0 aliphatic carbocycles. The van der Waals surface area contributed by atoms with Crippen LogP contribution in [0.15, 0.2) is 30.3 Å². The van der Waals surface area contributed by atoms with Gasteiger partial charge < -0.3 is 19.9 Å². The number of benzene rings is 1. The van der Waals surface area contributed by atoms with Crippen LogP contribution in [-0.2, 0) is 20.8 Å². The maximum atomic E-state index is 12.7. The van der Waals surface area contributed by atoms with E-state index in [-0.39, 0.29) is 25.0 Å². The number of hydrogen-bond acceptors (Lipinski definition) is 4. The fraction of sp³-hybridized carbons (Fsp3) is 0.600. The van der Waals surface area contributed by atoms with Gasteiger partial charge in [0.2, 0.25) is 5.91 Å². The number of ether oxygens (including phenoxy) is 2. The summed E-state index contributed by atoms with van der Waals surface area (Å²) < 4.78 is 11.5. The zero-order valence-corrected chi connectivity index (χ0v) is 16.7. The van der Waals surface area contributed by atoms with Crippen molar-refractivity contribution in [3.63, 3.8) is 0 Å². The van der Waals surface area contributed by atoms with E-state index in [1.54, 1.807) is 20.8 Å². The highest BCUT2D eigenvalue weighted by Gasteiger charge is 2.45. The van der Waals surface area contributed by atoms with Crippen molar-refractivity contribution in [2.75, 3.05) is 13.2 Å². The van der Waals surface area contributed by atoms with Crippen LogP contribution in [0, 0.1) is 5.41 Å². The Bertz CT molecular complexity index is 660. The predicted octanol–water partition coefficient (Wildman–Crippen LogP) is 2.85. The minimum Gasteiger partial charge on any atom is -0.465 e. The van der Waals surface area contributed by atoms with Gasteiger partial charge in [-0.1, -0.05) is 44.2 Å². The van der Waals surface area contributed by atoms with Gasteiger partial charge >= 0.3 is 6.09 Å². The fourth-order valence-electron chi connectivity index (χ4n) is 2.96. The monoisotopic (exact) mass is 378 g/mol. The van der Waals surface area contributed by atoms with E-state index in [4.69, 9.17) is 9.47 Å². The summed E-state index contributed by atoms with van der Waals surface area (Å²) in [4.78, 5) is 25.7. The van der Waals surface area contributed by atoms with Gasteiger partial charge in [0.25, 0.3) is 0 Å². The van der Waals surface area contributed by atoms with Gasteiger partial charge in [-0.15, -0.1) is 0 Å². The third kappa shape index (κ3) is 5.68. The Hall–Kier alpha value is -2.12. The van der Waals surface area contributed by atoms with E-state index >= 15 is 0 Å². The molecule has 2 atom stereocenters. The van der Waals surface area contributed by atoms with E-state index in [0.29, 0.717) is 6.61 Å². The van der Waals surface area contributed by atoms with Gasteiger partial charge in [-0.25, -0.2) is 4.79 Å². The third-order valence-electron chi connectivity index (χ3n) is 4.69. The average Bonchev–Trinajstić information content (AvgIpc) is 2.60. The first-order valence-electron chi connectivity index (χ1n) is 9.15. The van der Waals surface area contributed by atoms with E-state index in [2.05, 4.69) is 5.32 Å². The number of carbonyl (C=O) groups is 2. The molecule has 2 amide bonds. The standard InChI is InChI=1S/C20H30N2O5/c1-14(22(18(24)25)12-15-9-7-6-8-10-15)11-21-17(23)16-19(2,3)13-26-20(4,5)27-16/h6-10,14,16H,11-13H2,1-5H3,(H,21,23)(H,24,25)/t14-,16-/m1/s1. The van der Waals surface area contributed by atoms with Gasteiger partial charge in [0.1, 0.15) is 6.10 Å². The van der Waals surface area contributed by atoms with E-state index in [1.807, 2.05) is 44.2 Å². The Morgan fingerprint density at radius 1 is 1.26 bits per heavy atom. The van der Waals surface area contributed by atoms with Gasteiger partial charge in [-0.05, 0) is 26.3 Å². The number of carboxylic acid groups (broad SMARTS) is 1. The summed E-state index contributed by atoms with van der Waals surface area (Å²) in [5, 5.41) is 12.4. The van der Waals surface area contributed by atoms with Crippen LogP contribution in [0.5, 0.6) is 0 Å².